The Labute approximate surface area is 114 Å². The second kappa shape index (κ2) is 4.86. The van der Waals surface area contributed by atoms with Crippen LogP contribution in [-0.2, 0) is 4.74 Å². The molecule has 1 aliphatic heterocycles. The van der Waals surface area contributed by atoms with Crippen molar-refractivity contribution in [2.75, 3.05) is 6.61 Å². The number of halogens is 1. The average Bonchev–Trinajstić information content (AvgIpc) is 2.97. The summed E-state index contributed by atoms with van der Waals surface area (Å²) in [5, 5.41) is 0.979. The molecule has 0 amide bonds. The third kappa shape index (κ3) is 2.22. The highest BCUT2D eigenvalue weighted by Gasteiger charge is 2.21. The minimum Gasteiger partial charge on any atom is -0.378 e. The van der Waals surface area contributed by atoms with Crippen LogP contribution >= 0.6 is 15.9 Å². The molecular weight excluding hydrogens is 294 g/mol. The number of nitrogens with one attached hydrogen (secondary N) is 1. The molecule has 0 radical (unpaired) electrons. The van der Waals surface area contributed by atoms with E-state index in [1.807, 2.05) is 18.2 Å². The molecule has 4 heteroatoms. The van der Waals surface area contributed by atoms with Crippen molar-refractivity contribution >= 4 is 32.6 Å². The van der Waals surface area contributed by atoms with Gasteiger partial charge in [0.15, 0.2) is 5.78 Å². The number of carbonyl (C=O) groups is 1. The number of benzene rings is 1. The number of rotatable bonds is 3. The Morgan fingerprint density at radius 1 is 1.50 bits per heavy atom. The summed E-state index contributed by atoms with van der Waals surface area (Å²) in [5.74, 6) is 0.159. The van der Waals surface area contributed by atoms with Crippen molar-refractivity contribution < 1.29 is 9.53 Å². The first-order valence-corrected chi connectivity index (χ1v) is 6.95. The summed E-state index contributed by atoms with van der Waals surface area (Å²) in [6, 6.07) is 5.92. The van der Waals surface area contributed by atoms with Crippen LogP contribution in [0.15, 0.2) is 28.9 Å². The molecule has 94 valence electrons. The molecule has 0 spiro atoms. The lowest BCUT2D eigenvalue weighted by atomic mass is 10.0. The fourth-order valence-electron chi connectivity index (χ4n) is 2.45. The van der Waals surface area contributed by atoms with Crippen molar-refractivity contribution in [3.05, 3.63) is 34.4 Å². The number of aromatic amines is 1. The van der Waals surface area contributed by atoms with Crippen LogP contribution in [0.25, 0.3) is 10.9 Å². The first-order valence-electron chi connectivity index (χ1n) is 6.15. The minimum absolute atomic E-state index is 0.106. The average molecular weight is 308 g/mol. The van der Waals surface area contributed by atoms with Crippen LogP contribution in [0.2, 0.25) is 0 Å². The number of Topliss-reactive ketones (excluding diaryl/α,β-unsaturated/α-hetero) is 1. The number of aromatic nitrogens is 1. The Balaban J connectivity index is 1.88. The number of fused-ring (bicyclic) bond motifs is 1. The minimum atomic E-state index is 0.106. The van der Waals surface area contributed by atoms with E-state index in [1.165, 1.54) is 0 Å². The summed E-state index contributed by atoms with van der Waals surface area (Å²) in [7, 11) is 0. The molecular formula is C14H14BrNO2. The Kier molecular flexibility index (Phi) is 3.22. The monoisotopic (exact) mass is 307 g/mol. The number of ketones is 1. The van der Waals surface area contributed by atoms with Gasteiger partial charge >= 0.3 is 0 Å². The topological polar surface area (TPSA) is 42.1 Å². The maximum atomic E-state index is 12.3. The van der Waals surface area contributed by atoms with Gasteiger partial charge in [-0.15, -0.1) is 0 Å². The molecule has 1 fully saturated rings. The van der Waals surface area contributed by atoms with Gasteiger partial charge in [-0.25, -0.2) is 0 Å². The summed E-state index contributed by atoms with van der Waals surface area (Å²) in [6.07, 6.45) is 4.46. The number of hydrogen-bond acceptors (Lipinski definition) is 2. The molecule has 1 aliphatic rings. The van der Waals surface area contributed by atoms with Gasteiger partial charge in [0.2, 0.25) is 0 Å². The normalized spacial score (nSPS) is 19.5. The zero-order valence-corrected chi connectivity index (χ0v) is 11.5. The molecule has 0 aliphatic carbocycles. The van der Waals surface area contributed by atoms with Crippen LogP contribution in [0.3, 0.4) is 0 Å². The van der Waals surface area contributed by atoms with Crippen molar-refractivity contribution in [2.24, 2.45) is 0 Å². The molecule has 0 bridgehead atoms. The number of carbonyl (C=O) groups excluding carboxylic acids is 1. The maximum Gasteiger partial charge on any atom is 0.167 e. The summed E-state index contributed by atoms with van der Waals surface area (Å²) in [5.41, 5.74) is 1.76. The largest absolute Gasteiger partial charge is 0.378 e. The van der Waals surface area contributed by atoms with Gasteiger partial charge < -0.3 is 9.72 Å². The predicted molar refractivity (Wildman–Crippen MR) is 73.9 cm³/mol. The van der Waals surface area contributed by atoms with Gasteiger partial charge in [0.05, 0.1) is 6.10 Å². The zero-order chi connectivity index (χ0) is 12.5. The molecule has 3 rings (SSSR count). The molecule has 0 saturated carbocycles. The number of ether oxygens (including phenoxy) is 1. The smallest absolute Gasteiger partial charge is 0.167 e. The van der Waals surface area contributed by atoms with Crippen molar-refractivity contribution in [2.45, 2.75) is 25.4 Å². The molecule has 1 N–H and O–H groups in total. The standard InChI is InChI=1S/C14H14BrNO2/c15-9-3-4-13-11(6-9)12(8-16-13)14(17)7-10-2-1-5-18-10/h3-4,6,8,10,16H,1-2,5,7H2. The van der Waals surface area contributed by atoms with Gasteiger partial charge in [0, 0.05) is 40.2 Å². The van der Waals surface area contributed by atoms with Crippen molar-refractivity contribution in [3.63, 3.8) is 0 Å². The fraction of sp³-hybridized carbons (Fsp3) is 0.357. The van der Waals surface area contributed by atoms with E-state index in [-0.39, 0.29) is 11.9 Å². The van der Waals surface area contributed by atoms with Crippen LogP contribution in [0.5, 0.6) is 0 Å². The summed E-state index contributed by atoms with van der Waals surface area (Å²) in [6.45, 7) is 0.789. The SMILES string of the molecule is O=C(CC1CCCO1)c1c[nH]c2ccc(Br)cc12. The highest BCUT2D eigenvalue weighted by Crippen LogP contribution is 2.25. The van der Waals surface area contributed by atoms with Crippen LogP contribution in [0, 0.1) is 0 Å². The van der Waals surface area contributed by atoms with Gasteiger partial charge in [-0.05, 0) is 31.0 Å². The summed E-state index contributed by atoms with van der Waals surface area (Å²) in [4.78, 5) is 15.4. The first-order chi connectivity index (χ1) is 8.74. The molecule has 2 heterocycles. The quantitative estimate of drug-likeness (QED) is 0.879. The van der Waals surface area contributed by atoms with E-state index in [1.54, 1.807) is 6.20 Å². The van der Waals surface area contributed by atoms with Crippen molar-refractivity contribution in [1.29, 1.82) is 0 Å². The number of H-pyrrole nitrogens is 1. The van der Waals surface area contributed by atoms with Gasteiger partial charge in [-0.3, -0.25) is 4.79 Å². The third-order valence-electron chi connectivity index (χ3n) is 3.38. The molecule has 18 heavy (non-hydrogen) atoms. The highest BCUT2D eigenvalue weighted by atomic mass is 79.9. The fourth-order valence-corrected chi connectivity index (χ4v) is 2.81. The Morgan fingerprint density at radius 3 is 3.17 bits per heavy atom. The van der Waals surface area contributed by atoms with E-state index in [9.17, 15) is 4.79 Å². The summed E-state index contributed by atoms with van der Waals surface area (Å²) >= 11 is 3.44. The maximum absolute atomic E-state index is 12.3. The van der Waals surface area contributed by atoms with E-state index in [0.29, 0.717) is 6.42 Å². The van der Waals surface area contributed by atoms with Crippen molar-refractivity contribution in [1.82, 2.24) is 4.98 Å². The lowest BCUT2D eigenvalue weighted by Gasteiger charge is -2.07. The van der Waals surface area contributed by atoms with Gasteiger partial charge in [-0.2, -0.15) is 0 Å². The molecule has 1 aromatic carbocycles. The van der Waals surface area contributed by atoms with Crippen molar-refractivity contribution in [3.8, 4) is 0 Å². The van der Waals surface area contributed by atoms with Gasteiger partial charge in [0.25, 0.3) is 0 Å². The van der Waals surface area contributed by atoms with Crippen LogP contribution in [0.4, 0.5) is 0 Å². The summed E-state index contributed by atoms with van der Waals surface area (Å²) < 4.78 is 6.50. The molecule has 1 atom stereocenters. The van der Waals surface area contributed by atoms with E-state index in [0.717, 1.165) is 40.4 Å². The second-order valence-electron chi connectivity index (χ2n) is 4.65. The van der Waals surface area contributed by atoms with E-state index in [4.69, 9.17) is 4.74 Å². The lowest BCUT2D eigenvalue weighted by Crippen LogP contribution is -2.12. The molecule has 1 aromatic heterocycles. The van der Waals surface area contributed by atoms with E-state index in [2.05, 4.69) is 20.9 Å². The predicted octanol–water partition coefficient (Wildman–Crippen LogP) is 3.68. The van der Waals surface area contributed by atoms with Gasteiger partial charge in [0.1, 0.15) is 0 Å². The molecule has 1 saturated heterocycles. The molecule has 2 aromatic rings. The zero-order valence-electron chi connectivity index (χ0n) is 9.91. The Bertz CT molecular complexity index is 584. The Morgan fingerprint density at radius 2 is 2.39 bits per heavy atom. The highest BCUT2D eigenvalue weighted by molar-refractivity contribution is 9.10. The van der Waals surface area contributed by atoms with Crippen LogP contribution in [0.1, 0.15) is 29.6 Å². The Hall–Kier alpha value is -1.13. The molecule has 3 nitrogen and oxygen atoms in total. The van der Waals surface area contributed by atoms with E-state index < -0.39 is 0 Å². The number of hydrogen-bond donors (Lipinski definition) is 1. The third-order valence-corrected chi connectivity index (χ3v) is 3.87. The van der Waals surface area contributed by atoms with Crippen LogP contribution < -0.4 is 0 Å². The molecule has 1 unspecified atom stereocenters. The van der Waals surface area contributed by atoms with Gasteiger partial charge in [-0.1, -0.05) is 15.9 Å². The van der Waals surface area contributed by atoms with E-state index >= 15 is 0 Å². The van der Waals surface area contributed by atoms with Crippen LogP contribution in [-0.4, -0.2) is 23.5 Å². The second-order valence-corrected chi connectivity index (χ2v) is 5.57. The first kappa shape index (κ1) is 11.9. The lowest BCUT2D eigenvalue weighted by molar-refractivity contribution is 0.0777.